The van der Waals surface area contributed by atoms with Gasteiger partial charge in [0, 0.05) is 0 Å². The smallest absolute Gasteiger partial charge is 0.339 e. The van der Waals surface area contributed by atoms with E-state index in [2.05, 4.69) is 0 Å². The average Bonchev–Trinajstić information content (AvgIpc) is 2.48. The topological polar surface area (TPSA) is 63.6 Å². The van der Waals surface area contributed by atoms with Crippen LogP contribution in [0.15, 0.2) is 18.2 Å². The van der Waals surface area contributed by atoms with Crippen molar-refractivity contribution >= 4 is 11.8 Å². The normalized spacial score (nSPS) is 13.7. The van der Waals surface area contributed by atoms with Crippen LogP contribution >= 0.6 is 0 Å². The third kappa shape index (κ3) is 1.07. The quantitative estimate of drug-likeness (QED) is 0.695. The monoisotopic (exact) mass is 178 g/mol. The lowest BCUT2D eigenvalue weighted by atomic mass is 10.1. The molecule has 1 N–H and O–H groups in total. The number of carbonyl (C=O) groups is 2. The molecule has 13 heavy (non-hydrogen) atoms. The summed E-state index contributed by atoms with van der Waals surface area (Å²) in [5, 5.41) is 8.74. The van der Waals surface area contributed by atoms with Gasteiger partial charge in [-0.05, 0) is 12.1 Å². The molecule has 0 bridgehead atoms. The van der Waals surface area contributed by atoms with Gasteiger partial charge in [0.25, 0.3) is 0 Å². The van der Waals surface area contributed by atoms with E-state index in [-0.39, 0.29) is 23.7 Å². The van der Waals surface area contributed by atoms with Crippen molar-refractivity contribution in [2.75, 3.05) is 6.61 Å². The average molecular weight is 178 g/mol. The second-order valence-corrected chi connectivity index (χ2v) is 2.70. The van der Waals surface area contributed by atoms with E-state index in [1.807, 2.05) is 0 Å². The third-order valence-electron chi connectivity index (χ3n) is 1.89. The number of benzene rings is 1. The first kappa shape index (κ1) is 7.79. The number of fused-ring (bicyclic) bond motifs is 1. The first-order valence-corrected chi connectivity index (χ1v) is 3.72. The number of hydrogen-bond donors (Lipinski definition) is 1. The van der Waals surface area contributed by atoms with Gasteiger partial charge in [0.15, 0.2) is 6.61 Å². The Morgan fingerprint density at radius 2 is 2.23 bits per heavy atom. The summed E-state index contributed by atoms with van der Waals surface area (Å²) in [6.45, 7) is -0.0559. The van der Waals surface area contributed by atoms with E-state index in [0.29, 0.717) is 5.56 Å². The first-order valence-electron chi connectivity index (χ1n) is 3.72. The fourth-order valence-electron chi connectivity index (χ4n) is 1.30. The molecule has 1 aromatic rings. The molecule has 66 valence electrons. The molecule has 1 heterocycles. The summed E-state index contributed by atoms with van der Waals surface area (Å²) in [5.74, 6) is -1.05. The highest BCUT2D eigenvalue weighted by Gasteiger charge is 2.25. The van der Waals surface area contributed by atoms with Crippen molar-refractivity contribution in [1.29, 1.82) is 0 Å². The summed E-state index contributed by atoms with van der Waals surface area (Å²) < 4.78 is 4.97. The summed E-state index contributed by atoms with van der Waals surface area (Å²) in [4.78, 5) is 21.8. The maximum absolute atomic E-state index is 11.1. The van der Waals surface area contributed by atoms with Crippen LogP contribution in [-0.2, 0) is 0 Å². The van der Waals surface area contributed by atoms with Gasteiger partial charge in [0.05, 0.1) is 5.56 Å². The number of hydrogen-bond acceptors (Lipinski definition) is 3. The highest BCUT2D eigenvalue weighted by molar-refractivity contribution is 6.06. The first-order chi connectivity index (χ1) is 6.20. The molecule has 1 aliphatic heterocycles. The molecule has 0 aromatic heterocycles. The van der Waals surface area contributed by atoms with E-state index in [0.717, 1.165) is 0 Å². The van der Waals surface area contributed by atoms with E-state index in [4.69, 9.17) is 9.84 Å². The van der Waals surface area contributed by atoms with Crippen molar-refractivity contribution in [3.63, 3.8) is 0 Å². The van der Waals surface area contributed by atoms with Crippen LogP contribution in [0.1, 0.15) is 20.7 Å². The SMILES string of the molecule is O=C(O)c1cccc2c1OCC2=O. The molecule has 0 fully saturated rings. The summed E-state index contributed by atoms with van der Waals surface area (Å²) in [5.41, 5.74) is 0.406. The molecule has 0 amide bonds. The number of ether oxygens (including phenoxy) is 1. The van der Waals surface area contributed by atoms with Gasteiger partial charge in [-0.2, -0.15) is 0 Å². The second-order valence-electron chi connectivity index (χ2n) is 2.70. The van der Waals surface area contributed by atoms with Gasteiger partial charge in [0.1, 0.15) is 11.3 Å². The fraction of sp³-hybridized carbons (Fsp3) is 0.111. The number of ketones is 1. The standard InChI is InChI=1S/C9H6O4/c10-7-4-13-8-5(7)2-1-3-6(8)9(11)12/h1-3H,4H2,(H,11,12). The Balaban J connectivity index is 2.63. The highest BCUT2D eigenvalue weighted by atomic mass is 16.5. The molecule has 0 radical (unpaired) electrons. The Bertz CT molecular complexity index is 395. The van der Waals surface area contributed by atoms with Gasteiger partial charge in [-0.3, -0.25) is 4.79 Å². The molecule has 1 aromatic carbocycles. The minimum atomic E-state index is -1.08. The van der Waals surface area contributed by atoms with E-state index in [9.17, 15) is 9.59 Å². The molecular formula is C9H6O4. The minimum Gasteiger partial charge on any atom is -0.484 e. The van der Waals surface area contributed by atoms with Crippen LogP contribution in [0.4, 0.5) is 0 Å². The summed E-state index contributed by atoms with van der Waals surface area (Å²) >= 11 is 0. The van der Waals surface area contributed by atoms with E-state index >= 15 is 0 Å². The molecule has 0 unspecified atom stereocenters. The molecule has 4 heteroatoms. The van der Waals surface area contributed by atoms with Gasteiger partial charge in [0.2, 0.25) is 5.78 Å². The summed E-state index contributed by atoms with van der Waals surface area (Å²) in [7, 11) is 0. The van der Waals surface area contributed by atoms with Crippen LogP contribution in [0, 0.1) is 0 Å². The Morgan fingerprint density at radius 1 is 1.46 bits per heavy atom. The highest BCUT2D eigenvalue weighted by Crippen LogP contribution is 2.29. The zero-order valence-corrected chi connectivity index (χ0v) is 6.61. The zero-order valence-electron chi connectivity index (χ0n) is 6.61. The van der Waals surface area contributed by atoms with Crippen LogP contribution in [0.5, 0.6) is 5.75 Å². The van der Waals surface area contributed by atoms with Crippen LogP contribution in [0.25, 0.3) is 0 Å². The van der Waals surface area contributed by atoms with Gasteiger partial charge >= 0.3 is 5.97 Å². The van der Waals surface area contributed by atoms with Crippen LogP contribution < -0.4 is 4.74 Å². The second kappa shape index (κ2) is 2.58. The van der Waals surface area contributed by atoms with Crippen LogP contribution in [0.3, 0.4) is 0 Å². The number of aromatic carboxylic acids is 1. The van der Waals surface area contributed by atoms with E-state index < -0.39 is 5.97 Å². The van der Waals surface area contributed by atoms with Crippen molar-refractivity contribution in [1.82, 2.24) is 0 Å². The lowest BCUT2D eigenvalue weighted by Gasteiger charge is -2.00. The zero-order chi connectivity index (χ0) is 9.42. The van der Waals surface area contributed by atoms with Crippen molar-refractivity contribution in [2.24, 2.45) is 0 Å². The molecule has 0 atom stereocenters. The predicted octanol–water partition coefficient (Wildman–Crippen LogP) is 0.960. The Kier molecular flexibility index (Phi) is 1.55. The molecule has 2 rings (SSSR count). The number of para-hydroxylation sites is 1. The van der Waals surface area contributed by atoms with Gasteiger partial charge in [-0.1, -0.05) is 6.07 Å². The van der Waals surface area contributed by atoms with Crippen molar-refractivity contribution in [3.05, 3.63) is 29.3 Å². The Hall–Kier alpha value is -1.84. The summed E-state index contributed by atoms with van der Waals surface area (Å²) in [6, 6.07) is 4.52. The van der Waals surface area contributed by atoms with E-state index in [1.54, 1.807) is 6.07 Å². The maximum Gasteiger partial charge on any atom is 0.339 e. The van der Waals surface area contributed by atoms with Crippen molar-refractivity contribution in [3.8, 4) is 5.75 Å². The number of carboxylic acid groups (broad SMARTS) is 1. The van der Waals surface area contributed by atoms with Gasteiger partial charge in [-0.15, -0.1) is 0 Å². The summed E-state index contributed by atoms with van der Waals surface area (Å²) in [6.07, 6.45) is 0. The molecule has 0 saturated carbocycles. The van der Waals surface area contributed by atoms with Crippen molar-refractivity contribution < 1.29 is 19.4 Å². The maximum atomic E-state index is 11.1. The molecular weight excluding hydrogens is 172 g/mol. The molecule has 1 aliphatic rings. The van der Waals surface area contributed by atoms with E-state index in [1.165, 1.54) is 12.1 Å². The third-order valence-corrected chi connectivity index (χ3v) is 1.89. The lowest BCUT2D eigenvalue weighted by molar-refractivity contribution is 0.0692. The number of Topliss-reactive ketones (excluding diaryl/α,β-unsaturated/α-hetero) is 1. The Labute approximate surface area is 73.8 Å². The fourth-order valence-corrected chi connectivity index (χ4v) is 1.30. The predicted molar refractivity (Wildman–Crippen MR) is 43.2 cm³/mol. The lowest BCUT2D eigenvalue weighted by Crippen LogP contribution is -1.99. The number of rotatable bonds is 1. The Morgan fingerprint density at radius 3 is 2.92 bits per heavy atom. The van der Waals surface area contributed by atoms with Crippen LogP contribution in [0.2, 0.25) is 0 Å². The number of carboxylic acids is 1. The van der Waals surface area contributed by atoms with Crippen LogP contribution in [-0.4, -0.2) is 23.5 Å². The molecule has 0 aliphatic carbocycles. The molecule has 0 saturated heterocycles. The largest absolute Gasteiger partial charge is 0.484 e. The van der Waals surface area contributed by atoms with Crippen molar-refractivity contribution in [2.45, 2.75) is 0 Å². The molecule has 0 spiro atoms. The van der Waals surface area contributed by atoms with Gasteiger partial charge in [-0.25, -0.2) is 4.79 Å². The minimum absolute atomic E-state index is 0.0448. The van der Waals surface area contributed by atoms with Gasteiger partial charge < -0.3 is 9.84 Å². The molecule has 4 nitrogen and oxygen atoms in total. The number of carbonyl (C=O) groups excluding carboxylic acids is 1.